The number of rotatable bonds is 6. The first kappa shape index (κ1) is 18.9. The molecular formula is C10H21F3O4SSi. The van der Waals surface area contributed by atoms with Crippen molar-refractivity contribution in [2.75, 3.05) is 0 Å². The van der Waals surface area contributed by atoms with Gasteiger partial charge in [0.2, 0.25) is 8.32 Å². The Kier molecular flexibility index (Phi) is 6.07. The van der Waals surface area contributed by atoms with E-state index in [4.69, 9.17) is 4.58 Å². The molecule has 0 aliphatic heterocycles. The Morgan fingerprint density at radius 3 is 1.42 bits per heavy atom. The SMILES string of the molecule is CC(C)[Si](OOS(=O)(=O)C(F)(F)F)(C(C)C)C(C)C. The summed E-state index contributed by atoms with van der Waals surface area (Å²) in [7, 11) is -8.54. The zero-order valence-electron chi connectivity index (χ0n) is 11.9. The molecule has 0 aliphatic carbocycles. The topological polar surface area (TPSA) is 52.6 Å². The van der Waals surface area contributed by atoms with Gasteiger partial charge in [-0.2, -0.15) is 21.6 Å². The standard InChI is InChI=1S/C10H21F3O4SSi/c1-7(2)19(8(3)4,9(5)6)17-16-18(14,15)10(11,12)13/h7-9H,1-6H3. The third kappa shape index (κ3) is 3.93. The van der Waals surface area contributed by atoms with E-state index in [-0.39, 0.29) is 16.6 Å². The van der Waals surface area contributed by atoms with Gasteiger partial charge in [-0.25, -0.2) is 0 Å². The average Bonchev–Trinajstić information content (AvgIpc) is 2.14. The van der Waals surface area contributed by atoms with Crippen LogP contribution in [0.5, 0.6) is 0 Å². The predicted octanol–water partition coefficient (Wildman–Crippen LogP) is 3.96. The Hall–Kier alpha value is -0.123. The van der Waals surface area contributed by atoms with Crippen LogP contribution < -0.4 is 0 Å². The van der Waals surface area contributed by atoms with Gasteiger partial charge in [0.1, 0.15) is 0 Å². The van der Waals surface area contributed by atoms with Crippen LogP contribution in [0.25, 0.3) is 0 Å². The van der Waals surface area contributed by atoms with Crippen molar-refractivity contribution in [1.29, 1.82) is 0 Å². The highest BCUT2D eigenvalue weighted by molar-refractivity contribution is 7.87. The summed E-state index contributed by atoms with van der Waals surface area (Å²) < 4.78 is 67.3. The van der Waals surface area contributed by atoms with E-state index in [0.29, 0.717) is 0 Å². The molecule has 0 saturated carbocycles. The lowest BCUT2D eigenvalue weighted by Gasteiger charge is -2.39. The lowest BCUT2D eigenvalue weighted by Crippen LogP contribution is -2.48. The van der Waals surface area contributed by atoms with Crippen LogP contribution in [0.3, 0.4) is 0 Å². The molecule has 0 saturated heterocycles. The quantitative estimate of drug-likeness (QED) is 0.321. The summed E-state index contributed by atoms with van der Waals surface area (Å²) in [6.45, 7) is 10.8. The molecule has 0 aromatic heterocycles. The van der Waals surface area contributed by atoms with Gasteiger partial charge in [0, 0.05) is 0 Å². The average molecular weight is 322 g/mol. The first-order valence-electron chi connectivity index (χ1n) is 5.97. The van der Waals surface area contributed by atoms with Crippen molar-refractivity contribution in [3.05, 3.63) is 0 Å². The largest absolute Gasteiger partial charge is 0.525 e. The second kappa shape index (κ2) is 6.11. The lowest BCUT2D eigenvalue weighted by atomic mass is 10.5. The highest BCUT2D eigenvalue weighted by atomic mass is 32.2. The molecule has 0 spiro atoms. The minimum Gasteiger partial charge on any atom is -0.269 e. The zero-order chi connectivity index (χ0) is 15.6. The number of hydrogen-bond acceptors (Lipinski definition) is 4. The summed E-state index contributed by atoms with van der Waals surface area (Å²) in [6.07, 6.45) is 0. The molecule has 0 heterocycles. The van der Waals surface area contributed by atoms with Crippen molar-refractivity contribution in [3.8, 4) is 0 Å². The molecular weight excluding hydrogens is 301 g/mol. The summed E-state index contributed by atoms with van der Waals surface area (Å²) in [4.78, 5) is 0. The number of alkyl halides is 3. The summed E-state index contributed by atoms with van der Waals surface area (Å²) in [6, 6.07) is 0. The molecule has 0 rings (SSSR count). The fourth-order valence-corrected chi connectivity index (χ4v) is 7.92. The molecule has 0 amide bonds. The molecule has 0 N–H and O–H groups in total. The van der Waals surface area contributed by atoms with Gasteiger partial charge in [-0.15, -0.1) is 4.33 Å². The molecule has 9 heteroatoms. The Balaban J connectivity index is 5.30. The summed E-state index contributed by atoms with van der Waals surface area (Å²) in [5.74, 6) is 0. The monoisotopic (exact) mass is 322 g/mol. The summed E-state index contributed by atoms with van der Waals surface area (Å²) in [5.41, 5.74) is -5.74. The molecule has 0 atom stereocenters. The molecule has 4 nitrogen and oxygen atoms in total. The van der Waals surface area contributed by atoms with E-state index in [2.05, 4.69) is 4.33 Å². The van der Waals surface area contributed by atoms with Gasteiger partial charge in [0.15, 0.2) is 0 Å². The fourth-order valence-electron chi connectivity index (χ4n) is 2.43. The van der Waals surface area contributed by atoms with Crippen LogP contribution in [-0.4, -0.2) is 22.2 Å². The Morgan fingerprint density at radius 1 is 0.895 bits per heavy atom. The van der Waals surface area contributed by atoms with Gasteiger partial charge in [-0.1, -0.05) is 41.5 Å². The maximum atomic E-state index is 12.2. The lowest BCUT2D eigenvalue weighted by molar-refractivity contribution is -0.142. The number of halogens is 3. The minimum atomic E-state index is -5.72. The predicted molar refractivity (Wildman–Crippen MR) is 68.2 cm³/mol. The van der Waals surface area contributed by atoms with Crippen molar-refractivity contribution in [1.82, 2.24) is 0 Å². The van der Waals surface area contributed by atoms with Crippen LogP contribution in [0.4, 0.5) is 13.2 Å². The molecule has 0 aliphatic rings. The van der Waals surface area contributed by atoms with Gasteiger partial charge < -0.3 is 0 Å². The third-order valence-electron chi connectivity index (χ3n) is 3.26. The zero-order valence-corrected chi connectivity index (χ0v) is 13.7. The van der Waals surface area contributed by atoms with E-state index in [1.54, 1.807) is 41.5 Å². The van der Waals surface area contributed by atoms with Crippen LogP contribution in [0.15, 0.2) is 0 Å². The molecule has 0 radical (unpaired) electrons. The van der Waals surface area contributed by atoms with Crippen molar-refractivity contribution >= 4 is 18.4 Å². The minimum absolute atomic E-state index is 0.0871. The van der Waals surface area contributed by atoms with Crippen molar-refractivity contribution in [3.63, 3.8) is 0 Å². The van der Waals surface area contributed by atoms with Crippen molar-refractivity contribution in [2.24, 2.45) is 0 Å². The van der Waals surface area contributed by atoms with Crippen molar-refractivity contribution in [2.45, 2.75) is 63.7 Å². The number of hydrogen-bond donors (Lipinski definition) is 0. The van der Waals surface area contributed by atoms with E-state index >= 15 is 0 Å². The van der Waals surface area contributed by atoms with Gasteiger partial charge in [-0.3, -0.25) is 4.58 Å². The van der Waals surface area contributed by atoms with E-state index in [1.165, 1.54) is 0 Å². The van der Waals surface area contributed by atoms with Gasteiger partial charge in [0.25, 0.3) is 0 Å². The van der Waals surface area contributed by atoms with Crippen LogP contribution in [0, 0.1) is 0 Å². The van der Waals surface area contributed by atoms with Gasteiger partial charge >= 0.3 is 15.6 Å². The molecule has 0 fully saturated rings. The molecule has 0 aromatic carbocycles. The maximum absolute atomic E-state index is 12.2. The van der Waals surface area contributed by atoms with E-state index < -0.39 is 23.9 Å². The summed E-state index contributed by atoms with van der Waals surface area (Å²) in [5, 5.41) is 0. The Bertz CT molecular complexity index is 368. The molecule has 0 aromatic rings. The van der Waals surface area contributed by atoms with Crippen LogP contribution in [0.1, 0.15) is 41.5 Å². The normalized spacial score (nSPS) is 14.7. The van der Waals surface area contributed by atoms with Crippen molar-refractivity contribution < 1.29 is 30.5 Å². The highest BCUT2D eigenvalue weighted by Crippen LogP contribution is 2.43. The fraction of sp³-hybridized carbons (Fsp3) is 1.00. The Morgan fingerprint density at radius 2 is 1.21 bits per heavy atom. The van der Waals surface area contributed by atoms with Gasteiger partial charge in [0.05, 0.1) is 0 Å². The second-order valence-corrected chi connectivity index (χ2v) is 12.2. The van der Waals surface area contributed by atoms with Gasteiger partial charge in [-0.05, 0) is 16.6 Å². The van der Waals surface area contributed by atoms with E-state index in [0.717, 1.165) is 0 Å². The molecule has 19 heavy (non-hydrogen) atoms. The molecule has 0 bridgehead atoms. The van der Waals surface area contributed by atoms with E-state index in [9.17, 15) is 21.6 Å². The smallest absolute Gasteiger partial charge is 0.269 e. The summed E-state index contributed by atoms with van der Waals surface area (Å²) >= 11 is 0. The molecule has 116 valence electrons. The highest BCUT2D eigenvalue weighted by Gasteiger charge is 2.53. The first-order chi connectivity index (χ1) is 8.29. The van der Waals surface area contributed by atoms with Crippen LogP contribution in [0.2, 0.25) is 16.6 Å². The van der Waals surface area contributed by atoms with Crippen LogP contribution >= 0.6 is 0 Å². The molecule has 0 unspecified atom stereocenters. The first-order valence-corrected chi connectivity index (χ1v) is 9.52. The Labute approximate surface area is 113 Å². The maximum Gasteiger partial charge on any atom is 0.525 e. The van der Waals surface area contributed by atoms with Crippen LogP contribution in [-0.2, 0) is 19.0 Å². The third-order valence-corrected chi connectivity index (χ3v) is 9.98. The van der Waals surface area contributed by atoms with E-state index in [1.807, 2.05) is 0 Å². The second-order valence-electron chi connectivity index (χ2n) is 5.37.